The maximum atomic E-state index is 12.9. The van der Waals surface area contributed by atoms with Gasteiger partial charge in [0.1, 0.15) is 0 Å². The quantitative estimate of drug-likeness (QED) is 0.653. The van der Waals surface area contributed by atoms with E-state index < -0.39 is 0 Å². The first-order valence-electron chi connectivity index (χ1n) is 10.6. The maximum Gasteiger partial charge on any atom is 0.338 e. The number of ether oxygens (including phenoxy) is 2. The lowest BCUT2D eigenvalue weighted by Crippen LogP contribution is -2.38. The van der Waals surface area contributed by atoms with Crippen molar-refractivity contribution in [3.63, 3.8) is 0 Å². The second-order valence-corrected chi connectivity index (χ2v) is 8.48. The van der Waals surface area contributed by atoms with Gasteiger partial charge >= 0.3 is 5.97 Å². The minimum Gasteiger partial charge on any atom is -0.463 e. The van der Waals surface area contributed by atoms with Crippen LogP contribution in [0, 0.1) is 0 Å². The number of hydrogen-bond donors (Lipinski definition) is 1. The largest absolute Gasteiger partial charge is 0.463 e. The molecule has 1 saturated heterocycles. The molecule has 1 fully saturated rings. The van der Waals surface area contributed by atoms with Gasteiger partial charge < -0.3 is 19.7 Å². The van der Waals surface area contributed by atoms with Crippen molar-refractivity contribution in [2.75, 3.05) is 19.8 Å². The first-order chi connectivity index (χ1) is 15.1. The lowest BCUT2D eigenvalue weighted by molar-refractivity contribution is -0.139. The molecule has 0 aromatic heterocycles. The average molecular weight is 442 g/mol. The van der Waals surface area contributed by atoms with Crippen LogP contribution in [-0.2, 0) is 19.1 Å². The van der Waals surface area contributed by atoms with E-state index in [4.69, 9.17) is 9.47 Å². The van der Waals surface area contributed by atoms with Crippen LogP contribution >= 0.6 is 11.8 Å². The summed E-state index contributed by atoms with van der Waals surface area (Å²) in [7, 11) is 0. The molecule has 1 aromatic rings. The second kappa shape index (κ2) is 9.70. The van der Waals surface area contributed by atoms with Crippen LogP contribution in [0.2, 0.25) is 0 Å². The van der Waals surface area contributed by atoms with Gasteiger partial charge in [-0.25, -0.2) is 9.79 Å². The van der Waals surface area contributed by atoms with E-state index in [0.717, 1.165) is 35.9 Å². The first-order valence-corrected chi connectivity index (χ1v) is 11.5. The van der Waals surface area contributed by atoms with Crippen LogP contribution in [0.3, 0.4) is 0 Å². The number of carbonyl (C=O) groups is 2. The molecule has 31 heavy (non-hydrogen) atoms. The number of allylic oxidation sites excluding steroid dienone is 1. The Hall–Kier alpha value is -2.58. The highest BCUT2D eigenvalue weighted by molar-refractivity contribution is 8.16. The molecule has 1 aromatic carbocycles. The van der Waals surface area contributed by atoms with Crippen LogP contribution < -0.4 is 5.32 Å². The number of esters is 1. The molecule has 0 aliphatic carbocycles. The number of thioether (sulfide) groups is 1. The van der Waals surface area contributed by atoms with Gasteiger partial charge in [0.05, 0.1) is 36.4 Å². The Balaban J connectivity index is 1.58. The summed E-state index contributed by atoms with van der Waals surface area (Å²) in [6.07, 6.45) is 2.32. The van der Waals surface area contributed by atoms with Gasteiger partial charge in [0, 0.05) is 18.8 Å². The van der Waals surface area contributed by atoms with Gasteiger partial charge in [-0.3, -0.25) is 4.79 Å². The molecule has 1 N–H and O–H groups in total. The molecule has 164 valence electrons. The van der Waals surface area contributed by atoms with Gasteiger partial charge in [-0.1, -0.05) is 42.1 Å². The molecule has 0 spiro atoms. The molecule has 2 unspecified atom stereocenters. The number of hydrogen-bond acceptors (Lipinski definition) is 7. The van der Waals surface area contributed by atoms with Gasteiger partial charge in [-0.2, -0.15) is 0 Å². The molecule has 3 aliphatic rings. The van der Waals surface area contributed by atoms with Crippen molar-refractivity contribution in [2.45, 2.75) is 45.3 Å². The summed E-state index contributed by atoms with van der Waals surface area (Å²) in [6, 6.07) is 9.41. The smallest absolute Gasteiger partial charge is 0.338 e. The van der Waals surface area contributed by atoms with Gasteiger partial charge in [0.2, 0.25) is 5.91 Å². The molecule has 3 heterocycles. The monoisotopic (exact) mass is 441 g/mol. The van der Waals surface area contributed by atoms with Crippen molar-refractivity contribution in [3.8, 4) is 0 Å². The Bertz CT molecular complexity index is 935. The predicted molar refractivity (Wildman–Crippen MR) is 120 cm³/mol. The highest BCUT2D eigenvalue weighted by atomic mass is 32.2. The summed E-state index contributed by atoms with van der Waals surface area (Å²) in [4.78, 5) is 32.2. The van der Waals surface area contributed by atoms with Crippen molar-refractivity contribution in [2.24, 2.45) is 4.99 Å². The number of amidine groups is 1. The summed E-state index contributed by atoms with van der Waals surface area (Å²) >= 11 is 1.47. The van der Waals surface area contributed by atoms with E-state index in [2.05, 4.69) is 10.3 Å². The number of benzene rings is 1. The van der Waals surface area contributed by atoms with E-state index in [-0.39, 0.29) is 37.0 Å². The summed E-state index contributed by atoms with van der Waals surface area (Å²) < 4.78 is 10.9. The maximum absolute atomic E-state index is 12.9. The van der Waals surface area contributed by atoms with E-state index >= 15 is 0 Å². The standard InChI is InChI=1S/C23H27N3O4S/c1-3-29-22(28)20-15(2)25-23-26(21(20)16-8-5-4-6-9-16)17(14-31-23)12-19(27)24-13-18-10-7-11-30-18/h4-6,8-9,14,18,21H,3,7,10-13H2,1-2H3,(H,24,27). The van der Waals surface area contributed by atoms with Crippen molar-refractivity contribution < 1.29 is 19.1 Å². The zero-order valence-corrected chi connectivity index (χ0v) is 18.6. The molecule has 8 heteroatoms. The molecule has 7 nitrogen and oxygen atoms in total. The number of amides is 1. The Morgan fingerprint density at radius 2 is 2.13 bits per heavy atom. The average Bonchev–Trinajstić information content (AvgIpc) is 3.42. The fourth-order valence-corrected chi connectivity index (χ4v) is 5.01. The van der Waals surface area contributed by atoms with Crippen LogP contribution in [-0.4, -0.2) is 47.8 Å². The van der Waals surface area contributed by atoms with Crippen molar-refractivity contribution >= 4 is 28.8 Å². The van der Waals surface area contributed by atoms with Crippen LogP contribution in [0.15, 0.2) is 57.7 Å². The van der Waals surface area contributed by atoms with Crippen LogP contribution in [0.4, 0.5) is 0 Å². The van der Waals surface area contributed by atoms with Crippen molar-refractivity contribution in [1.82, 2.24) is 10.2 Å². The van der Waals surface area contributed by atoms with Gasteiger partial charge in [0.15, 0.2) is 5.17 Å². The number of fused-ring (bicyclic) bond motifs is 1. The number of rotatable bonds is 7. The van der Waals surface area contributed by atoms with Crippen LogP contribution in [0.25, 0.3) is 0 Å². The summed E-state index contributed by atoms with van der Waals surface area (Å²) in [6.45, 7) is 5.20. The fraction of sp³-hybridized carbons (Fsp3) is 0.435. The zero-order chi connectivity index (χ0) is 21.8. The Morgan fingerprint density at radius 1 is 1.32 bits per heavy atom. The van der Waals surface area contributed by atoms with Gasteiger partial charge in [0.25, 0.3) is 0 Å². The second-order valence-electron chi connectivity index (χ2n) is 7.64. The molecule has 2 atom stereocenters. The Labute approximate surface area is 186 Å². The fourth-order valence-electron chi connectivity index (χ4n) is 4.05. The van der Waals surface area contributed by atoms with E-state index in [1.54, 1.807) is 6.92 Å². The molecule has 0 bridgehead atoms. The highest BCUT2D eigenvalue weighted by Gasteiger charge is 2.41. The number of nitrogens with zero attached hydrogens (tertiary/aromatic N) is 2. The topological polar surface area (TPSA) is 80.2 Å². The van der Waals surface area contributed by atoms with Gasteiger partial charge in [-0.05, 0) is 37.7 Å². The number of carbonyl (C=O) groups excluding carboxylic acids is 2. The van der Waals surface area contributed by atoms with Crippen molar-refractivity contribution in [1.29, 1.82) is 0 Å². The summed E-state index contributed by atoms with van der Waals surface area (Å²) in [5, 5.41) is 5.69. The molecular formula is C23H27N3O4S. The normalized spacial score (nSPS) is 22.7. The molecule has 0 saturated carbocycles. The van der Waals surface area contributed by atoms with E-state index in [1.165, 1.54) is 11.8 Å². The highest BCUT2D eigenvalue weighted by Crippen LogP contribution is 2.44. The molecule has 4 rings (SSSR count). The van der Waals surface area contributed by atoms with E-state index in [9.17, 15) is 9.59 Å². The molecule has 3 aliphatic heterocycles. The summed E-state index contributed by atoms with van der Waals surface area (Å²) in [5.74, 6) is -0.449. The van der Waals surface area contributed by atoms with Crippen LogP contribution in [0.1, 0.15) is 44.7 Å². The Kier molecular flexibility index (Phi) is 6.77. The third-order valence-corrected chi connectivity index (χ3v) is 6.39. The van der Waals surface area contributed by atoms with Crippen LogP contribution in [0.5, 0.6) is 0 Å². The zero-order valence-electron chi connectivity index (χ0n) is 17.8. The van der Waals surface area contributed by atoms with E-state index in [1.807, 2.05) is 47.6 Å². The molecule has 1 amide bonds. The minimum atomic E-state index is -0.389. The molecule has 0 radical (unpaired) electrons. The van der Waals surface area contributed by atoms with E-state index in [0.29, 0.717) is 17.8 Å². The summed E-state index contributed by atoms with van der Waals surface area (Å²) in [5.41, 5.74) is 2.91. The lowest BCUT2D eigenvalue weighted by atomic mass is 9.94. The predicted octanol–water partition coefficient (Wildman–Crippen LogP) is 3.51. The van der Waals surface area contributed by atoms with Gasteiger partial charge in [-0.15, -0.1) is 0 Å². The third kappa shape index (κ3) is 4.70. The van der Waals surface area contributed by atoms with Crippen molar-refractivity contribution in [3.05, 3.63) is 58.3 Å². The SMILES string of the molecule is CCOC(=O)C1=C(C)N=C2SC=C(CC(=O)NCC3CCCO3)N2C1c1ccccc1. The first kappa shape index (κ1) is 21.6. The Morgan fingerprint density at radius 3 is 2.84 bits per heavy atom. The number of nitrogens with one attached hydrogen (secondary N) is 1. The number of aliphatic imine (C=N–C) groups is 1. The minimum absolute atomic E-state index is 0.0700. The molecular weight excluding hydrogens is 414 g/mol. The lowest BCUT2D eigenvalue weighted by Gasteiger charge is -2.36. The third-order valence-electron chi connectivity index (χ3n) is 5.50.